The first-order chi connectivity index (χ1) is 6.75. The van der Waals surface area contributed by atoms with Gasteiger partial charge in [-0.05, 0) is 19.1 Å². The summed E-state index contributed by atoms with van der Waals surface area (Å²) in [5.74, 6) is -0.395. The minimum Gasteiger partial charge on any atom is -0.458 e. The van der Waals surface area contributed by atoms with Gasteiger partial charge >= 0.3 is 5.97 Å². The van der Waals surface area contributed by atoms with E-state index in [4.69, 9.17) is 16.3 Å². The fourth-order valence-electron chi connectivity index (χ4n) is 0.925. The maximum Gasteiger partial charge on any atom is 0.339 e. The van der Waals surface area contributed by atoms with Crippen molar-refractivity contribution in [1.82, 2.24) is 0 Å². The van der Waals surface area contributed by atoms with Gasteiger partial charge in [-0.25, -0.2) is 4.79 Å². The third kappa shape index (κ3) is 2.89. The van der Waals surface area contributed by atoms with E-state index in [1.807, 2.05) is 13.0 Å². The van der Waals surface area contributed by atoms with E-state index < -0.39 is 5.97 Å². The summed E-state index contributed by atoms with van der Waals surface area (Å²) in [6.45, 7) is 2.14. The van der Waals surface area contributed by atoms with Crippen molar-refractivity contribution < 1.29 is 9.53 Å². The van der Waals surface area contributed by atoms with Crippen LogP contribution in [0, 0.1) is 0 Å². The van der Waals surface area contributed by atoms with E-state index in [2.05, 4.69) is 0 Å². The molecule has 0 fully saturated rings. The van der Waals surface area contributed by atoms with E-state index in [0.717, 1.165) is 0 Å². The van der Waals surface area contributed by atoms with Crippen molar-refractivity contribution in [3.05, 3.63) is 47.0 Å². The van der Waals surface area contributed by atoms with Crippen LogP contribution in [0.4, 0.5) is 0 Å². The van der Waals surface area contributed by atoms with Crippen molar-refractivity contribution in [2.24, 2.45) is 0 Å². The zero-order valence-electron chi connectivity index (χ0n) is 7.87. The third-order valence-corrected chi connectivity index (χ3v) is 1.97. The highest BCUT2D eigenvalue weighted by Gasteiger charge is 2.09. The molecule has 0 spiro atoms. The fraction of sp³-hybridized carbons (Fsp3) is 0.182. The molecule has 0 heterocycles. The predicted molar refractivity (Wildman–Crippen MR) is 56.5 cm³/mol. The summed E-state index contributed by atoms with van der Waals surface area (Å²) in [7, 11) is 0. The van der Waals surface area contributed by atoms with Crippen LogP contribution < -0.4 is 0 Å². The second kappa shape index (κ2) is 5.45. The summed E-state index contributed by atoms with van der Waals surface area (Å²) in [5.41, 5.74) is 0.402. The Hall–Kier alpha value is -1.28. The van der Waals surface area contributed by atoms with Crippen LogP contribution in [-0.4, -0.2) is 12.6 Å². The lowest BCUT2D eigenvalue weighted by Crippen LogP contribution is -2.05. The van der Waals surface area contributed by atoms with Crippen molar-refractivity contribution in [2.45, 2.75) is 6.92 Å². The van der Waals surface area contributed by atoms with Gasteiger partial charge in [0.2, 0.25) is 0 Å². The molecule has 0 bridgehead atoms. The molecule has 0 radical (unpaired) electrons. The molecule has 0 aliphatic heterocycles. The van der Waals surface area contributed by atoms with Crippen LogP contribution in [0.5, 0.6) is 0 Å². The Kier molecular flexibility index (Phi) is 4.20. The first kappa shape index (κ1) is 10.8. The monoisotopic (exact) mass is 210 g/mol. The van der Waals surface area contributed by atoms with Crippen molar-refractivity contribution in [3.63, 3.8) is 0 Å². The number of rotatable bonds is 3. The van der Waals surface area contributed by atoms with Gasteiger partial charge < -0.3 is 4.74 Å². The largest absolute Gasteiger partial charge is 0.458 e. The van der Waals surface area contributed by atoms with Crippen LogP contribution >= 0.6 is 11.6 Å². The molecular formula is C11H11ClO2. The number of ether oxygens (including phenoxy) is 1. The number of benzene rings is 1. The van der Waals surface area contributed by atoms with E-state index in [1.54, 1.807) is 30.3 Å². The number of carbonyl (C=O) groups is 1. The number of allylic oxidation sites excluding steroid dienone is 1. The van der Waals surface area contributed by atoms with E-state index in [9.17, 15) is 4.79 Å². The SMILES string of the molecule is CC=CCOC(=O)c1ccccc1Cl. The summed E-state index contributed by atoms with van der Waals surface area (Å²) in [4.78, 5) is 11.4. The molecule has 74 valence electrons. The lowest BCUT2D eigenvalue weighted by molar-refractivity contribution is 0.0549. The van der Waals surface area contributed by atoms with E-state index in [0.29, 0.717) is 10.6 Å². The summed E-state index contributed by atoms with van der Waals surface area (Å²) in [6, 6.07) is 6.82. The van der Waals surface area contributed by atoms with Gasteiger partial charge in [0.05, 0.1) is 10.6 Å². The van der Waals surface area contributed by atoms with E-state index >= 15 is 0 Å². The predicted octanol–water partition coefficient (Wildman–Crippen LogP) is 3.07. The smallest absolute Gasteiger partial charge is 0.339 e. The molecule has 3 heteroatoms. The molecule has 2 nitrogen and oxygen atoms in total. The second-order valence-electron chi connectivity index (χ2n) is 2.65. The van der Waals surface area contributed by atoms with Gasteiger partial charge in [0.25, 0.3) is 0 Å². The highest BCUT2D eigenvalue weighted by molar-refractivity contribution is 6.33. The zero-order valence-corrected chi connectivity index (χ0v) is 8.62. The highest BCUT2D eigenvalue weighted by Crippen LogP contribution is 2.15. The summed E-state index contributed by atoms with van der Waals surface area (Å²) in [5, 5.41) is 0.415. The van der Waals surface area contributed by atoms with Crippen LogP contribution in [0.3, 0.4) is 0 Å². The second-order valence-corrected chi connectivity index (χ2v) is 3.05. The number of halogens is 1. The van der Waals surface area contributed by atoms with Crippen LogP contribution in [0.1, 0.15) is 17.3 Å². The van der Waals surface area contributed by atoms with Gasteiger partial charge in [-0.1, -0.05) is 35.9 Å². The Balaban J connectivity index is 2.65. The Morgan fingerprint density at radius 1 is 1.50 bits per heavy atom. The Bertz CT molecular complexity index is 345. The molecule has 0 saturated carbocycles. The zero-order chi connectivity index (χ0) is 10.4. The molecule has 1 aromatic rings. The summed E-state index contributed by atoms with van der Waals surface area (Å²) in [6.07, 6.45) is 3.58. The molecule has 0 atom stereocenters. The van der Waals surface area contributed by atoms with Gasteiger partial charge in [0, 0.05) is 0 Å². The van der Waals surface area contributed by atoms with Crippen LogP contribution in [0.15, 0.2) is 36.4 Å². The number of carbonyl (C=O) groups excluding carboxylic acids is 1. The molecule has 0 aliphatic rings. The maximum atomic E-state index is 11.4. The Labute approximate surface area is 88.1 Å². The van der Waals surface area contributed by atoms with Gasteiger partial charge in [-0.15, -0.1) is 0 Å². The molecular weight excluding hydrogens is 200 g/mol. The Morgan fingerprint density at radius 3 is 2.86 bits per heavy atom. The van der Waals surface area contributed by atoms with Crippen LogP contribution in [0.2, 0.25) is 5.02 Å². The topological polar surface area (TPSA) is 26.3 Å². The molecule has 0 aromatic heterocycles. The lowest BCUT2D eigenvalue weighted by atomic mass is 10.2. The lowest BCUT2D eigenvalue weighted by Gasteiger charge is -2.02. The van der Waals surface area contributed by atoms with Crippen molar-refractivity contribution in [1.29, 1.82) is 0 Å². The molecule has 1 rings (SSSR count). The average molecular weight is 211 g/mol. The average Bonchev–Trinajstić information content (AvgIpc) is 2.18. The minimum absolute atomic E-state index is 0.278. The molecule has 14 heavy (non-hydrogen) atoms. The Morgan fingerprint density at radius 2 is 2.21 bits per heavy atom. The van der Waals surface area contributed by atoms with Gasteiger partial charge in [0.15, 0.2) is 0 Å². The van der Waals surface area contributed by atoms with Gasteiger partial charge in [0.1, 0.15) is 6.61 Å². The first-order valence-corrected chi connectivity index (χ1v) is 4.66. The van der Waals surface area contributed by atoms with Gasteiger partial charge in [-0.2, -0.15) is 0 Å². The molecule has 0 unspecified atom stereocenters. The number of hydrogen-bond donors (Lipinski definition) is 0. The van der Waals surface area contributed by atoms with Crippen LogP contribution in [0.25, 0.3) is 0 Å². The van der Waals surface area contributed by atoms with Crippen molar-refractivity contribution in [3.8, 4) is 0 Å². The summed E-state index contributed by atoms with van der Waals surface area (Å²) < 4.78 is 4.94. The minimum atomic E-state index is -0.395. The molecule has 1 aromatic carbocycles. The molecule has 0 amide bonds. The maximum absolute atomic E-state index is 11.4. The van der Waals surface area contributed by atoms with Crippen molar-refractivity contribution in [2.75, 3.05) is 6.61 Å². The van der Waals surface area contributed by atoms with E-state index in [-0.39, 0.29) is 6.61 Å². The quantitative estimate of drug-likeness (QED) is 0.566. The normalized spacial score (nSPS) is 10.4. The molecule has 0 aliphatic carbocycles. The van der Waals surface area contributed by atoms with E-state index in [1.165, 1.54) is 0 Å². The summed E-state index contributed by atoms with van der Waals surface area (Å²) >= 11 is 5.81. The molecule has 0 saturated heterocycles. The standard InChI is InChI=1S/C11H11ClO2/c1-2-3-8-14-11(13)9-6-4-5-7-10(9)12/h2-7H,8H2,1H3. The first-order valence-electron chi connectivity index (χ1n) is 4.28. The highest BCUT2D eigenvalue weighted by atomic mass is 35.5. The van der Waals surface area contributed by atoms with Crippen LogP contribution in [-0.2, 0) is 4.74 Å². The molecule has 0 N–H and O–H groups in total. The third-order valence-electron chi connectivity index (χ3n) is 1.64. The number of hydrogen-bond acceptors (Lipinski definition) is 2. The number of esters is 1. The van der Waals surface area contributed by atoms with Crippen molar-refractivity contribution >= 4 is 17.6 Å². The van der Waals surface area contributed by atoms with Gasteiger partial charge in [-0.3, -0.25) is 0 Å². The fourth-order valence-corrected chi connectivity index (χ4v) is 1.14.